The lowest BCUT2D eigenvalue weighted by Gasteiger charge is -2.15. The van der Waals surface area contributed by atoms with Crippen molar-refractivity contribution in [3.63, 3.8) is 0 Å². The lowest BCUT2D eigenvalue weighted by Crippen LogP contribution is -2.12. The van der Waals surface area contributed by atoms with Crippen LogP contribution < -0.4 is 14.8 Å². The first kappa shape index (κ1) is 21.3. The van der Waals surface area contributed by atoms with Crippen LogP contribution in [-0.2, 0) is 19.7 Å². The molecule has 29 heavy (non-hydrogen) atoms. The predicted molar refractivity (Wildman–Crippen MR) is 118 cm³/mol. The number of benzene rings is 2. The summed E-state index contributed by atoms with van der Waals surface area (Å²) >= 11 is 5.34. The maximum absolute atomic E-state index is 10.8. The molecule has 3 aromatic rings. The van der Waals surface area contributed by atoms with Crippen LogP contribution in [0.15, 0.2) is 58.4 Å². The van der Waals surface area contributed by atoms with Gasteiger partial charge in [-0.1, -0.05) is 22.0 Å². The minimum absolute atomic E-state index is 0.0610. The number of non-ortho nitro benzene ring substituents is 1. The third kappa shape index (κ3) is 6.03. The van der Waals surface area contributed by atoms with Crippen molar-refractivity contribution in [3.05, 3.63) is 84.5 Å². The van der Waals surface area contributed by atoms with Crippen molar-refractivity contribution in [2.75, 3.05) is 6.61 Å². The van der Waals surface area contributed by atoms with Gasteiger partial charge in [-0.25, -0.2) is 0 Å². The molecule has 1 N–H and O–H groups in total. The van der Waals surface area contributed by atoms with Gasteiger partial charge in [-0.3, -0.25) is 10.1 Å². The van der Waals surface area contributed by atoms with Gasteiger partial charge in [0.05, 0.1) is 11.5 Å². The van der Waals surface area contributed by atoms with Crippen LogP contribution in [0.4, 0.5) is 5.69 Å². The average Bonchev–Trinajstić information content (AvgIpc) is 3.23. The summed E-state index contributed by atoms with van der Waals surface area (Å²) in [6.07, 6.45) is 0. The van der Waals surface area contributed by atoms with Crippen molar-refractivity contribution in [1.82, 2.24) is 5.32 Å². The Bertz CT molecular complexity index is 946. The largest absolute Gasteiger partial charge is 0.490 e. The Kier molecular flexibility index (Phi) is 7.62. The number of nitrogens with zero attached hydrogens (tertiary/aromatic N) is 1. The molecule has 2 aromatic carbocycles. The molecule has 0 spiro atoms. The minimum atomic E-state index is -0.417. The van der Waals surface area contributed by atoms with Gasteiger partial charge in [0.25, 0.3) is 5.69 Å². The zero-order chi connectivity index (χ0) is 20.6. The maximum atomic E-state index is 10.8. The van der Waals surface area contributed by atoms with Crippen molar-refractivity contribution in [1.29, 1.82) is 0 Å². The topological polar surface area (TPSA) is 73.6 Å². The van der Waals surface area contributed by atoms with Gasteiger partial charge < -0.3 is 14.8 Å². The summed E-state index contributed by atoms with van der Waals surface area (Å²) in [5.74, 6) is 1.30. The third-order valence-corrected chi connectivity index (χ3v) is 5.76. The Morgan fingerprint density at radius 3 is 2.52 bits per heavy atom. The second-order valence-electron chi connectivity index (χ2n) is 6.22. The van der Waals surface area contributed by atoms with E-state index >= 15 is 0 Å². The number of hydrogen-bond acceptors (Lipinski definition) is 6. The molecule has 0 saturated heterocycles. The van der Waals surface area contributed by atoms with Crippen LogP contribution in [0, 0.1) is 10.1 Å². The summed E-state index contributed by atoms with van der Waals surface area (Å²) in [5, 5.41) is 16.3. The Morgan fingerprint density at radius 1 is 1.10 bits per heavy atom. The minimum Gasteiger partial charge on any atom is -0.490 e. The average molecular weight is 477 g/mol. The van der Waals surface area contributed by atoms with E-state index in [0.717, 1.165) is 22.1 Å². The second-order valence-corrected chi connectivity index (χ2v) is 8.11. The number of ether oxygens (including phenoxy) is 2. The van der Waals surface area contributed by atoms with Crippen LogP contribution in [0.1, 0.15) is 22.9 Å². The van der Waals surface area contributed by atoms with E-state index in [-0.39, 0.29) is 5.69 Å². The van der Waals surface area contributed by atoms with Gasteiger partial charge in [0, 0.05) is 34.6 Å². The summed E-state index contributed by atoms with van der Waals surface area (Å²) in [4.78, 5) is 11.6. The molecule has 1 aromatic heterocycles. The van der Waals surface area contributed by atoms with E-state index < -0.39 is 4.92 Å². The highest BCUT2D eigenvalue weighted by Crippen LogP contribution is 2.34. The summed E-state index contributed by atoms with van der Waals surface area (Å²) in [6, 6.07) is 14.3. The molecule has 0 fully saturated rings. The summed E-state index contributed by atoms with van der Waals surface area (Å²) in [5.41, 5.74) is 1.98. The van der Waals surface area contributed by atoms with E-state index in [1.165, 1.54) is 17.0 Å². The van der Waals surface area contributed by atoms with E-state index in [1.807, 2.05) is 25.1 Å². The van der Waals surface area contributed by atoms with Gasteiger partial charge in [-0.2, -0.15) is 0 Å². The molecule has 0 radical (unpaired) electrons. The van der Waals surface area contributed by atoms with Crippen molar-refractivity contribution >= 4 is 33.0 Å². The molecule has 0 unspecified atom stereocenters. The van der Waals surface area contributed by atoms with Crippen molar-refractivity contribution in [2.24, 2.45) is 0 Å². The van der Waals surface area contributed by atoms with Crippen LogP contribution in [0.2, 0.25) is 0 Å². The van der Waals surface area contributed by atoms with Gasteiger partial charge in [0.2, 0.25) is 0 Å². The standard InChI is InChI=1S/C21H21BrN2O4S/c1-2-27-20-10-16(12-23-13-18-4-3-9-29-18)19(22)11-21(20)28-14-15-5-7-17(8-6-15)24(25)26/h3-11,23H,2,12-14H2,1H3. The molecule has 0 atom stereocenters. The first-order chi connectivity index (χ1) is 14.1. The number of rotatable bonds is 10. The third-order valence-electron chi connectivity index (χ3n) is 4.15. The molecule has 0 bridgehead atoms. The number of nitro benzene ring substituents is 1. The summed E-state index contributed by atoms with van der Waals surface area (Å²) < 4.78 is 12.6. The zero-order valence-corrected chi connectivity index (χ0v) is 18.3. The first-order valence-corrected chi connectivity index (χ1v) is 10.8. The van der Waals surface area contributed by atoms with Crippen LogP contribution in [0.5, 0.6) is 11.5 Å². The SMILES string of the molecule is CCOc1cc(CNCc2cccs2)c(Br)cc1OCc1ccc([N+](=O)[O-])cc1. The lowest BCUT2D eigenvalue weighted by atomic mass is 10.2. The quantitative estimate of drug-likeness (QED) is 0.300. The Labute approximate surface area is 181 Å². The highest BCUT2D eigenvalue weighted by Gasteiger charge is 2.12. The van der Waals surface area contributed by atoms with E-state index in [0.29, 0.717) is 31.3 Å². The second kappa shape index (κ2) is 10.4. The van der Waals surface area contributed by atoms with Gasteiger partial charge in [0.1, 0.15) is 6.61 Å². The van der Waals surface area contributed by atoms with Crippen LogP contribution in [-0.4, -0.2) is 11.5 Å². The zero-order valence-electron chi connectivity index (χ0n) is 15.9. The highest BCUT2D eigenvalue weighted by atomic mass is 79.9. The van der Waals surface area contributed by atoms with Crippen LogP contribution in [0.3, 0.4) is 0 Å². The predicted octanol–water partition coefficient (Wildman–Crippen LogP) is 5.69. The normalized spacial score (nSPS) is 10.7. The van der Waals surface area contributed by atoms with Crippen LogP contribution >= 0.6 is 27.3 Å². The van der Waals surface area contributed by atoms with Crippen LogP contribution in [0.25, 0.3) is 0 Å². The highest BCUT2D eigenvalue weighted by molar-refractivity contribution is 9.10. The van der Waals surface area contributed by atoms with E-state index in [4.69, 9.17) is 9.47 Å². The molecule has 3 rings (SSSR count). The van der Waals surface area contributed by atoms with Gasteiger partial charge in [0.15, 0.2) is 11.5 Å². The van der Waals surface area contributed by atoms with Crippen molar-refractivity contribution in [2.45, 2.75) is 26.6 Å². The smallest absolute Gasteiger partial charge is 0.269 e. The maximum Gasteiger partial charge on any atom is 0.269 e. The molecular weight excluding hydrogens is 456 g/mol. The Hall–Kier alpha value is -2.42. The number of halogens is 1. The van der Waals surface area contributed by atoms with E-state index in [9.17, 15) is 10.1 Å². The van der Waals surface area contributed by atoms with Crippen molar-refractivity contribution in [3.8, 4) is 11.5 Å². The Morgan fingerprint density at radius 2 is 1.86 bits per heavy atom. The van der Waals surface area contributed by atoms with Gasteiger partial charge in [-0.05, 0) is 53.8 Å². The first-order valence-electron chi connectivity index (χ1n) is 9.11. The number of nitro groups is 1. The lowest BCUT2D eigenvalue weighted by molar-refractivity contribution is -0.384. The van der Waals surface area contributed by atoms with Crippen molar-refractivity contribution < 1.29 is 14.4 Å². The number of nitrogens with one attached hydrogen (secondary N) is 1. The fraction of sp³-hybridized carbons (Fsp3) is 0.238. The van der Waals surface area contributed by atoms with Gasteiger partial charge in [-0.15, -0.1) is 11.3 Å². The fourth-order valence-corrected chi connectivity index (χ4v) is 3.84. The number of hydrogen-bond donors (Lipinski definition) is 1. The van der Waals surface area contributed by atoms with E-state index in [2.05, 4.69) is 32.7 Å². The molecule has 0 amide bonds. The molecule has 1 heterocycles. The molecule has 0 aliphatic heterocycles. The van der Waals surface area contributed by atoms with E-state index in [1.54, 1.807) is 23.5 Å². The fourth-order valence-electron chi connectivity index (χ4n) is 2.70. The Balaban J connectivity index is 1.67. The molecule has 0 saturated carbocycles. The molecule has 8 heteroatoms. The summed E-state index contributed by atoms with van der Waals surface area (Å²) in [6.45, 7) is 4.25. The van der Waals surface area contributed by atoms with Gasteiger partial charge >= 0.3 is 0 Å². The molecular formula is C21H21BrN2O4S. The molecule has 152 valence electrons. The molecule has 0 aliphatic carbocycles. The summed E-state index contributed by atoms with van der Waals surface area (Å²) in [7, 11) is 0. The number of thiophene rings is 1. The monoisotopic (exact) mass is 476 g/mol. The molecule has 6 nitrogen and oxygen atoms in total. The molecule has 0 aliphatic rings.